The molecule has 3 rings (SSSR count). The van der Waals surface area contributed by atoms with Crippen molar-refractivity contribution in [1.82, 2.24) is 15.0 Å². The Morgan fingerprint density at radius 2 is 1.17 bits per heavy atom. The maximum atomic E-state index is 7.80. The van der Waals surface area contributed by atoms with Crippen LogP contribution in [0.25, 0.3) is 22.8 Å². The zero-order valence-corrected chi connectivity index (χ0v) is 15.5. The summed E-state index contributed by atoms with van der Waals surface area (Å²) in [4.78, 5) is 13.2. The number of hydrogen-bond acceptors (Lipinski definition) is 5. The zero-order chi connectivity index (χ0) is 15.6. The molecule has 4 nitrogen and oxygen atoms in total. The predicted octanol–water partition coefficient (Wildman–Crippen LogP) is 3.11. The minimum Gasteiger partial charge on any atom is -0.396 e. The van der Waals surface area contributed by atoms with Crippen LogP contribution in [0.5, 0.6) is 0 Å². The smallest absolute Gasteiger partial charge is 0.0894 e. The minimum absolute atomic E-state index is 0. The molecule has 0 bridgehead atoms. The summed E-state index contributed by atoms with van der Waals surface area (Å²) in [5.41, 5.74) is 3.46. The summed E-state index contributed by atoms with van der Waals surface area (Å²) in [7, 11) is 0. The first-order valence-corrected chi connectivity index (χ1v) is 7.50. The van der Waals surface area contributed by atoms with Crippen LogP contribution < -0.4 is 0 Å². The van der Waals surface area contributed by atoms with E-state index in [2.05, 4.69) is 27.6 Å². The van der Waals surface area contributed by atoms with Gasteiger partial charge in [0, 0.05) is 39.2 Å². The van der Waals surface area contributed by atoms with Gasteiger partial charge in [-0.2, -0.15) is 12.6 Å². The number of thiol groups is 1. The molecule has 0 aliphatic carbocycles. The average molecular weight is 506 g/mol. The summed E-state index contributed by atoms with van der Waals surface area (Å²) in [5.74, 6) is 0.569. The van der Waals surface area contributed by atoms with E-state index >= 15 is 0 Å². The molecule has 0 saturated carbocycles. The molecule has 0 aliphatic rings. The minimum atomic E-state index is 0. The molecule has 3 aromatic rings. The van der Waals surface area contributed by atoms with Crippen LogP contribution in [0.4, 0.5) is 0 Å². The van der Waals surface area contributed by atoms with Gasteiger partial charge in [-0.15, -0.1) is 0 Å². The van der Waals surface area contributed by atoms with Gasteiger partial charge in [0.2, 0.25) is 0 Å². The number of nitrogens with zero attached hydrogens (tertiary/aromatic N) is 3. The number of hydrogen-bond donors (Lipinski definition) is 2. The Hall–Kier alpha value is -1.55. The van der Waals surface area contributed by atoms with Crippen LogP contribution in [-0.2, 0) is 21.1 Å². The van der Waals surface area contributed by atoms with E-state index in [1.807, 2.05) is 54.6 Å². The van der Waals surface area contributed by atoms with Crippen molar-refractivity contribution >= 4 is 12.6 Å². The first kappa shape index (κ1) is 19.5. The fraction of sp³-hybridized carbons (Fsp3) is 0.118. The third-order valence-corrected chi connectivity index (χ3v) is 2.90. The first-order valence-electron chi connectivity index (χ1n) is 6.86. The van der Waals surface area contributed by atoms with Crippen LogP contribution in [0.3, 0.4) is 0 Å². The molecule has 0 radical (unpaired) electrons. The zero-order valence-electron chi connectivity index (χ0n) is 12.3. The van der Waals surface area contributed by atoms with Gasteiger partial charge in [-0.1, -0.05) is 18.2 Å². The summed E-state index contributed by atoms with van der Waals surface area (Å²) in [6.07, 6.45) is 3.54. The molecule has 0 atom stereocenters. The van der Waals surface area contributed by atoms with Gasteiger partial charge < -0.3 is 5.11 Å². The Morgan fingerprint density at radius 3 is 1.52 bits per heavy atom. The van der Waals surface area contributed by atoms with Crippen LogP contribution in [0.2, 0.25) is 0 Å². The van der Waals surface area contributed by atoms with Crippen molar-refractivity contribution in [3.05, 3.63) is 67.0 Å². The number of aromatic nitrogens is 3. The molecule has 23 heavy (non-hydrogen) atoms. The fourth-order valence-electron chi connectivity index (χ4n) is 1.75. The molecule has 0 saturated heterocycles. The Morgan fingerprint density at radius 1 is 0.739 bits per heavy atom. The standard InChI is InChI=1S/C15H11N3.C2H6OS.Pt/c1-3-10-16-12(6-1)14-8-5-9-15(18-14)13-7-2-4-11-17-13;3-1-2-4;/h1-11H;3-4H,1-2H2;. The molecular formula is C17H17N3OPtS. The molecule has 0 spiro atoms. The summed E-state index contributed by atoms with van der Waals surface area (Å²) >= 11 is 3.67. The largest absolute Gasteiger partial charge is 0.396 e. The van der Waals surface area contributed by atoms with Crippen molar-refractivity contribution in [2.45, 2.75) is 0 Å². The Labute approximate surface area is 155 Å². The molecule has 0 fully saturated rings. The normalized spacial score (nSPS) is 9.30. The second-order valence-electron chi connectivity index (χ2n) is 4.29. The Bertz CT molecular complexity index is 627. The molecule has 6 heteroatoms. The van der Waals surface area contributed by atoms with Gasteiger partial charge in [-0.05, 0) is 36.4 Å². The summed E-state index contributed by atoms with van der Waals surface area (Å²) < 4.78 is 0. The number of aliphatic hydroxyl groups is 1. The van der Waals surface area contributed by atoms with Gasteiger partial charge in [-0.25, -0.2) is 4.98 Å². The molecular weight excluding hydrogens is 489 g/mol. The average Bonchev–Trinajstić information content (AvgIpc) is 2.63. The van der Waals surface area contributed by atoms with Crippen molar-refractivity contribution < 1.29 is 26.2 Å². The van der Waals surface area contributed by atoms with E-state index in [9.17, 15) is 0 Å². The molecule has 3 heterocycles. The predicted molar refractivity (Wildman–Crippen MR) is 91.6 cm³/mol. The molecule has 0 aliphatic heterocycles. The molecule has 122 valence electrons. The van der Waals surface area contributed by atoms with Gasteiger partial charge in [-0.3, -0.25) is 9.97 Å². The molecule has 0 amide bonds. The summed E-state index contributed by atoms with van der Waals surface area (Å²) in [6, 6.07) is 17.5. The third kappa shape index (κ3) is 6.22. The van der Waals surface area contributed by atoms with Crippen LogP contribution >= 0.6 is 12.6 Å². The molecule has 3 aromatic heterocycles. The van der Waals surface area contributed by atoms with E-state index in [1.165, 1.54) is 0 Å². The van der Waals surface area contributed by atoms with Crippen LogP contribution in [0.1, 0.15) is 0 Å². The quantitative estimate of drug-likeness (QED) is 0.537. The van der Waals surface area contributed by atoms with Gasteiger partial charge in [0.1, 0.15) is 0 Å². The third-order valence-electron chi connectivity index (χ3n) is 2.70. The van der Waals surface area contributed by atoms with E-state index in [1.54, 1.807) is 12.4 Å². The van der Waals surface area contributed by atoms with Gasteiger partial charge >= 0.3 is 0 Å². The second kappa shape index (κ2) is 11.1. The number of pyridine rings is 3. The van der Waals surface area contributed by atoms with Gasteiger partial charge in [0.05, 0.1) is 29.4 Å². The molecule has 1 N–H and O–H groups in total. The van der Waals surface area contributed by atoms with Crippen molar-refractivity contribution in [1.29, 1.82) is 0 Å². The van der Waals surface area contributed by atoms with Crippen LogP contribution in [0.15, 0.2) is 67.0 Å². The summed E-state index contributed by atoms with van der Waals surface area (Å²) in [5, 5.41) is 7.80. The van der Waals surface area contributed by atoms with E-state index in [0.29, 0.717) is 5.75 Å². The van der Waals surface area contributed by atoms with Crippen LogP contribution in [0, 0.1) is 0 Å². The monoisotopic (exact) mass is 506 g/mol. The number of aliphatic hydroxyl groups excluding tert-OH is 1. The summed E-state index contributed by atoms with van der Waals surface area (Å²) in [6.45, 7) is 0.184. The Balaban J connectivity index is 0.000000478. The number of rotatable bonds is 3. The van der Waals surface area contributed by atoms with Gasteiger partial charge in [0.25, 0.3) is 0 Å². The van der Waals surface area contributed by atoms with Crippen molar-refractivity contribution in [3.63, 3.8) is 0 Å². The van der Waals surface area contributed by atoms with E-state index in [-0.39, 0.29) is 27.7 Å². The first-order chi connectivity index (χ1) is 10.8. The van der Waals surface area contributed by atoms with Gasteiger partial charge in [0.15, 0.2) is 0 Å². The van der Waals surface area contributed by atoms with Crippen molar-refractivity contribution in [2.24, 2.45) is 0 Å². The van der Waals surface area contributed by atoms with E-state index in [0.717, 1.165) is 22.8 Å². The SMILES string of the molecule is OCCS.[Pt].c1ccc(-c2cccc(-c3ccccn3)n2)nc1. The fourth-order valence-corrected chi connectivity index (χ4v) is 1.75. The van der Waals surface area contributed by atoms with E-state index < -0.39 is 0 Å². The molecule has 0 unspecified atom stereocenters. The van der Waals surface area contributed by atoms with E-state index in [4.69, 9.17) is 5.11 Å². The van der Waals surface area contributed by atoms with Crippen molar-refractivity contribution in [3.8, 4) is 22.8 Å². The maximum absolute atomic E-state index is 7.80. The topological polar surface area (TPSA) is 58.9 Å². The van der Waals surface area contributed by atoms with Crippen molar-refractivity contribution in [2.75, 3.05) is 12.4 Å². The maximum Gasteiger partial charge on any atom is 0.0894 e. The van der Waals surface area contributed by atoms with Crippen LogP contribution in [-0.4, -0.2) is 32.4 Å². The Kier molecular flexibility index (Phi) is 9.37. The molecule has 0 aromatic carbocycles. The second-order valence-corrected chi connectivity index (χ2v) is 4.73.